The van der Waals surface area contributed by atoms with E-state index < -0.39 is 0 Å². The molecule has 1 aliphatic carbocycles. The van der Waals surface area contributed by atoms with Gasteiger partial charge in [0.1, 0.15) is 5.82 Å². The third-order valence-electron chi connectivity index (χ3n) is 2.87. The van der Waals surface area contributed by atoms with Gasteiger partial charge in [-0.25, -0.2) is 4.79 Å². The standard InChI is InChI=1S/C13H14N4O/c18-13(14-10-4-2-1-3-5-10)15-12-8-11(16-17-12)9-6-7-9/h1-5,8-9H,6-7H2,(H3,14,15,16,17,18). The van der Waals surface area contributed by atoms with Gasteiger partial charge in [0.05, 0.1) is 5.69 Å². The van der Waals surface area contributed by atoms with E-state index >= 15 is 0 Å². The van der Waals surface area contributed by atoms with Crippen LogP contribution < -0.4 is 10.6 Å². The number of benzene rings is 1. The van der Waals surface area contributed by atoms with Gasteiger partial charge in [0.25, 0.3) is 0 Å². The third kappa shape index (κ3) is 2.51. The van der Waals surface area contributed by atoms with E-state index in [1.165, 1.54) is 12.8 Å². The molecule has 2 amide bonds. The fourth-order valence-corrected chi connectivity index (χ4v) is 1.80. The van der Waals surface area contributed by atoms with Crippen molar-refractivity contribution >= 4 is 17.5 Å². The molecule has 3 rings (SSSR count). The lowest BCUT2D eigenvalue weighted by Crippen LogP contribution is -2.19. The van der Waals surface area contributed by atoms with Gasteiger partial charge in [-0.2, -0.15) is 5.10 Å². The highest BCUT2D eigenvalue weighted by molar-refractivity contribution is 5.99. The Labute approximate surface area is 105 Å². The first-order valence-corrected chi connectivity index (χ1v) is 5.99. The molecule has 0 atom stereocenters. The molecule has 1 fully saturated rings. The first-order valence-electron chi connectivity index (χ1n) is 5.99. The molecular formula is C13H14N4O. The molecule has 0 bridgehead atoms. The Morgan fingerprint density at radius 1 is 1.22 bits per heavy atom. The van der Waals surface area contributed by atoms with Gasteiger partial charge in [0.2, 0.25) is 0 Å². The highest BCUT2D eigenvalue weighted by Gasteiger charge is 2.26. The number of rotatable bonds is 3. The number of carbonyl (C=O) groups is 1. The quantitative estimate of drug-likeness (QED) is 0.774. The first kappa shape index (κ1) is 10.8. The van der Waals surface area contributed by atoms with E-state index in [1.807, 2.05) is 36.4 Å². The molecule has 0 spiro atoms. The van der Waals surface area contributed by atoms with Crippen LogP contribution in [0.25, 0.3) is 0 Å². The number of H-pyrrole nitrogens is 1. The largest absolute Gasteiger partial charge is 0.324 e. The number of anilines is 2. The SMILES string of the molecule is O=C(Nc1ccccc1)Nc1cc(C2CC2)n[nH]1. The monoisotopic (exact) mass is 242 g/mol. The van der Waals surface area contributed by atoms with E-state index in [-0.39, 0.29) is 6.03 Å². The molecule has 1 heterocycles. The zero-order valence-electron chi connectivity index (χ0n) is 9.81. The highest BCUT2D eigenvalue weighted by Crippen LogP contribution is 2.39. The highest BCUT2D eigenvalue weighted by atomic mass is 16.2. The van der Waals surface area contributed by atoms with Crippen molar-refractivity contribution in [1.82, 2.24) is 10.2 Å². The maximum atomic E-state index is 11.7. The number of nitrogens with zero attached hydrogens (tertiary/aromatic N) is 1. The second kappa shape index (κ2) is 4.52. The molecule has 0 radical (unpaired) electrons. The van der Waals surface area contributed by atoms with Gasteiger partial charge >= 0.3 is 6.03 Å². The zero-order chi connectivity index (χ0) is 12.4. The topological polar surface area (TPSA) is 69.8 Å². The minimum Gasteiger partial charge on any atom is -0.308 e. The number of aromatic nitrogens is 2. The van der Waals surface area contributed by atoms with Crippen LogP contribution in [-0.2, 0) is 0 Å². The molecule has 1 saturated carbocycles. The average molecular weight is 242 g/mol. The van der Waals surface area contributed by atoms with Crippen molar-refractivity contribution in [1.29, 1.82) is 0 Å². The number of hydrogen-bond acceptors (Lipinski definition) is 2. The fourth-order valence-electron chi connectivity index (χ4n) is 1.80. The van der Waals surface area contributed by atoms with E-state index in [9.17, 15) is 4.79 Å². The Hall–Kier alpha value is -2.30. The molecule has 0 aliphatic heterocycles. The Kier molecular flexibility index (Phi) is 2.72. The Balaban J connectivity index is 1.59. The summed E-state index contributed by atoms with van der Waals surface area (Å²) in [5, 5.41) is 12.5. The van der Waals surface area contributed by atoms with E-state index in [2.05, 4.69) is 20.8 Å². The van der Waals surface area contributed by atoms with E-state index in [4.69, 9.17) is 0 Å². The predicted octanol–water partition coefficient (Wildman–Crippen LogP) is 2.93. The molecule has 1 aromatic carbocycles. The summed E-state index contributed by atoms with van der Waals surface area (Å²) in [7, 11) is 0. The maximum absolute atomic E-state index is 11.7. The van der Waals surface area contributed by atoms with E-state index in [1.54, 1.807) is 0 Å². The molecule has 0 saturated heterocycles. The number of nitrogens with one attached hydrogen (secondary N) is 3. The average Bonchev–Trinajstić information content (AvgIpc) is 3.12. The summed E-state index contributed by atoms with van der Waals surface area (Å²) in [6.45, 7) is 0. The maximum Gasteiger partial charge on any atom is 0.324 e. The Morgan fingerprint density at radius 3 is 2.72 bits per heavy atom. The van der Waals surface area contributed by atoms with Crippen molar-refractivity contribution in [3.8, 4) is 0 Å². The van der Waals surface area contributed by atoms with E-state index in [0.29, 0.717) is 11.7 Å². The van der Waals surface area contributed by atoms with Crippen LogP contribution >= 0.6 is 0 Å². The van der Waals surface area contributed by atoms with Crippen molar-refractivity contribution in [3.05, 3.63) is 42.1 Å². The molecule has 18 heavy (non-hydrogen) atoms. The molecular weight excluding hydrogens is 228 g/mol. The number of amides is 2. The van der Waals surface area contributed by atoms with Crippen LogP contribution in [0.5, 0.6) is 0 Å². The van der Waals surface area contributed by atoms with Crippen LogP contribution in [0.15, 0.2) is 36.4 Å². The summed E-state index contributed by atoms with van der Waals surface area (Å²) >= 11 is 0. The predicted molar refractivity (Wildman–Crippen MR) is 69.6 cm³/mol. The van der Waals surface area contributed by atoms with Crippen LogP contribution in [0.1, 0.15) is 24.5 Å². The van der Waals surface area contributed by atoms with Gasteiger partial charge in [0, 0.05) is 17.7 Å². The molecule has 2 aromatic rings. The molecule has 3 N–H and O–H groups in total. The van der Waals surface area contributed by atoms with E-state index in [0.717, 1.165) is 11.4 Å². The normalized spacial score (nSPS) is 14.2. The zero-order valence-corrected chi connectivity index (χ0v) is 9.81. The lowest BCUT2D eigenvalue weighted by atomic mass is 10.3. The smallest absolute Gasteiger partial charge is 0.308 e. The Bertz CT molecular complexity index is 545. The molecule has 1 aromatic heterocycles. The summed E-state index contributed by atoms with van der Waals surface area (Å²) in [6, 6.07) is 10.9. The number of carbonyl (C=O) groups excluding carboxylic acids is 1. The molecule has 1 aliphatic rings. The van der Waals surface area contributed by atoms with Crippen molar-refractivity contribution in [2.24, 2.45) is 0 Å². The van der Waals surface area contributed by atoms with Gasteiger partial charge in [0.15, 0.2) is 0 Å². The fraction of sp³-hybridized carbons (Fsp3) is 0.231. The number of urea groups is 1. The first-order chi connectivity index (χ1) is 8.81. The minimum atomic E-state index is -0.271. The summed E-state index contributed by atoms with van der Waals surface area (Å²) in [4.78, 5) is 11.7. The molecule has 0 unspecified atom stereocenters. The minimum absolute atomic E-state index is 0.271. The van der Waals surface area contributed by atoms with Crippen LogP contribution in [-0.4, -0.2) is 16.2 Å². The molecule has 5 heteroatoms. The van der Waals surface area contributed by atoms with Crippen molar-refractivity contribution < 1.29 is 4.79 Å². The van der Waals surface area contributed by atoms with Crippen LogP contribution in [0, 0.1) is 0 Å². The van der Waals surface area contributed by atoms with Gasteiger partial charge in [-0.05, 0) is 25.0 Å². The number of hydrogen-bond donors (Lipinski definition) is 3. The Morgan fingerprint density at radius 2 is 2.00 bits per heavy atom. The second-order valence-electron chi connectivity index (χ2n) is 4.43. The second-order valence-corrected chi connectivity index (χ2v) is 4.43. The van der Waals surface area contributed by atoms with Gasteiger partial charge in [-0.3, -0.25) is 10.4 Å². The number of aromatic amines is 1. The van der Waals surface area contributed by atoms with Crippen molar-refractivity contribution in [2.75, 3.05) is 10.6 Å². The van der Waals surface area contributed by atoms with Gasteiger partial charge in [-0.1, -0.05) is 18.2 Å². The number of para-hydroxylation sites is 1. The van der Waals surface area contributed by atoms with Gasteiger partial charge < -0.3 is 5.32 Å². The van der Waals surface area contributed by atoms with Crippen LogP contribution in [0.4, 0.5) is 16.3 Å². The van der Waals surface area contributed by atoms with Crippen molar-refractivity contribution in [3.63, 3.8) is 0 Å². The van der Waals surface area contributed by atoms with Crippen LogP contribution in [0.3, 0.4) is 0 Å². The molecule has 92 valence electrons. The summed E-state index contributed by atoms with van der Waals surface area (Å²) in [5.41, 5.74) is 1.79. The lowest BCUT2D eigenvalue weighted by molar-refractivity contribution is 0.262. The van der Waals surface area contributed by atoms with Crippen LogP contribution in [0.2, 0.25) is 0 Å². The third-order valence-corrected chi connectivity index (χ3v) is 2.87. The van der Waals surface area contributed by atoms with Crippen molar-refractivity contribution in [2.45, 2.75) is 18.8 Å². The summed E-state index contributed by atoms with van der Waals surface area (Å²) in [5.74, 6) is 1.21. The molecule has 5 nitrogen and oxygen atoms in total. The summed E-state index contributed by atoms with van der Waals surface area (Å²) < 4.78 is 0. The van der Waals surface area contributed by atoms with Gasteiger partial charge in [-0.15, -0.1) is 0 Å². The summed E-state index contributed by atoms with van der Waals surface area (Å²) in [6.07, 6.45) is 2.39. The lowest BCUT2D eigenvalue weighted by Gasteiger charge is -2.04.